The number of hydrogen-bond acceptors (Lipinski definition) is 3. The van der Waals surface area contributed by atoms with Crippen LogP contribution in [0.15, 0.2) is 11.6 Å². The van der Waals surface area contributed by atoms with Gasteiger partial charge in [-0.3, -0.25) is 0 Å². The third kappa shape index (κ3) is 2.91. The van der Waals surface area contributed by atoms with Crippen molar-refractivity contribution >= 4 is 18.7 Å². The molecule has 1 aliphatic carbocycles. The second-order valence-electron chi connectivity index (χ2n) is 3.78. The molecule has 0 aromatic heterocycles. The SMILES string of the molecule is N=CC(C=N)=CC1CCCC(C=O)C1. The number of carbonyl (C=O) groups is 1. The molecular formula is C11H16N2O. The quantitative estimate of drug-likeness (QED) is 0.520. The summed E-state index contributed by atoms with van der Waals surface area (Å²) in [6.45, 7) is 0. The zero-order valence-electron chi connectivity index (χ0n) is 8.20. The Bertz CT molecular complexity index is 248. The average Bonchev–Trinajstić information content (AvgIpc) is 2.26. The molecule has 14 heavy (non-hydrogen) atoms. The Kier molecular flexibility index (Phi) is 4.23. The summed E-state index contributed by atoms with van der Waals surface area (Å²) < 4.78 is 0. The minimum Gasteiger partial charge on any atom is -0.308 e. The first-order chi connectivity index (χ1) is 6.80. The molecule has 1 aliphatic rings. The molecule has 2 unspecified atom stereocenters. The Morgan fingerprint density at radius 2 is 1.79 bits per heavy atom. The lowest BCUT2D eigenvalue weighted by molar-refractivity contribution is -0.112. The molecule has 2 atom stereocenters. The molecular weight excluding hydrogens is 176 g/mol. The van der Waals surface area contributed by atoms with Crippen molar-refractivity contribution < 1.29 is 4.79 Å². The van der Waals surface area contributed by atoms with Gasteiger partial charge in [0.2, 0.25) is 0 Å². The molecule has 1 saturated carbocycles. The van der Waals surface area contributed by atoms with Crippen molar-refractivity contribution in [3.8, 4) is 0 Å². The van der Waals surface area contributed by atoms with Crippen molar-refractivity contribution in [1.82, 2.24) is 0 Å². The highest BCUT2D eigenvalue weighted by molar-refractivity contribution is 6.01. The summed E-state index contributed by atoms with van der Waals surface area (Å²) in [4.78, 5) is 10.6. The summed E-state index contributed by atoms with van der Waals surface area (Å²) in [6, 6.07) is 0. The van der Waals surface area contributed by atoms with E-state index in [-0.39, 0.29) is 5.92 Å². The second kappa shape index (κ2) is 5.47. The minimum atomic E-state index is 0.183. The molecule has 0 radical (unpaired) electrons. The molecule has 0 aliphatic heterocycles. The van der Waals surface area contributed by atoms with E-state index in [0.717, 1.165) is 32.0 Å². The molecule has 0 amide bonds. The fourth-order valence-corrected chi connectivity index (χ4v) is 1.95. The molecule has 0 heterocycles. The minimum absolute atomic E-state index is 0.183. The predicted molar refractivity (Wildman–Crippen MR) is 57.2 cm³/mol. The Morgan fingerprint density at radius 3 is 2.36 bits per heavy atom. The van der Waals surface area contributed by atoms with E-state index >= 15 is 0 Å². The van der Waals surface area contributed by atoms with E-state index in [4.69, 9.17) is 10.8 Å². The van der Waals surface area contributed by atoms with E-state index in [9.17, 15) is 4.79 Å². The number of rotatable bonds is 4. The van der Waals surface area contributed by atoms with Gasteiger partial charge in [-0.15, -0.1) is 0 Å². The van der Waals surface area contributed by atoms with Gasteiger partial charge >= 0.3 is 0 Å². The summed E-state index contributed by atoms with van der Waals surface area (Å²) in [5.74, 6) is 0.555. The summed E-state index contributed by atoms with van der Waals surface area (Å²) in [5.41, 5.74) is 0.640. The normalized spacial score (nSPS) is 26.3. The van der Waals surface area contributed by atoms with Crippen LogP contribution in [0.1, 0.15) is 25.7 Å². The maximum Gasteiger partial charge on any atom is 0.123 e. The van der Waals surface area contributed by atoms with Gasteiger partial charge in [0.15, 0.2) is 0 Å². The lowest BCUT2D eigenvalue weighted by Crippen LogP contribution is -2.15. The number of allylic oxidation sites excluding steroid dienone is 2. The summed E-state index contributed by atoms with van der Waals surface area (Å²) in [6.07, 6.45) is 9.40. The molecule has 3 nitrogen and oxygen atoms in total. The summed E-state index contributed by atoms with van der Waals surface area (Å²) in [5, 5.41) is 14.1. The van der Waals surface area contributed by atoms with Crippen LogP contribution in [0.3, 0.4) is 0 Å². The molecule has 0 aromatic carbocycles. The zero-order chi connectivity index (χ0) is 10.4. The monoisotopic (exact) mass is 192 g/mol. The van der Waals surface area contributed by atoms with Crippen molar-refractivity contribution in [2.24, 2.45) is 11.8 Å². The zero-order valence-corrected chi connectivity index (χ0v) is 8.20. The smallest absolute Gasteiger partial charge is 0.123 e. The maximum absolute atomic E-state index is 10.6. The van der Waals surface area contributed by atoms with Crippen LogP contribution >= 0.6 is 0 Å². The lowest BCUT2D eigenvalue weighted by Gasteiger charge is -2.23. The average molecular weight is 192 g/mol. The van der Waals surface area contributed by atoms with Crippen molar-refractivity contribution in [1.29, 1.82) is 10.8 Å². The molecule has 1 fully saturated rings. The largest absolute Gasteiger partial charge is 0.308 e. The van der Waals surface area contributed by atoms with Gasteiger partial charge in [0.05, 0.1) is 0 Å². The molecule has 2 N–H and O–H groups in total. The van der Waals surface area contributed by atoms with Crippen LogP contribution in [0.4, 0.5) is 0 Å². The van der Waals surface area contributed by atoms with E-state index in [1.165, 1.54) is 12.4 Å². The highest BCUT2D eigenvalue weighted by atomic mass is 16.1. The van der Waals surface area contributed by atoms with Gasteiger partial charge in [0.1, 0.15) is 6.29 Å². The van der Waals surface area contributed by atoms with E-state index in [0.29, 0.717) is 11.5 Å². The van der Waals surface area contributed by atoms with Crippen LogP contribution < -0.4 is 0 Å². The first kappa shape index (κ1) is 10.8. The molecule has 0 aromatic rings. The van der Waals surface area contributed by atoms with Crippen LogP contribution in [0, 0.1) is 22.7 Å². The van der Waals surface area contributed by atoms with Crippen molar-refractivity contribution in [3.63, 3.8) is 0 Å². The van der Waals surface area contributed by atoms with Gasteiger partial charge in [-0.2, -0.15) is 0 Å². The Hall–Kier alpha value is -1.25. The van der Waals surface area contributed by atoms with Gasteiger partial charge in [-0.1, -0.05) is 12.5 Å². The van der Waals surface area contributed by atoms with Crippen LogP contribution in [-0.2, 0) is 4.79 Å². The molecule has 76 valence electrons. The van der Waals surface area contributed by atoms with Crippen LogP contribution in [0.2, 0.25) is 0 Å². The van der Waals surface area contributed by atoms with E-state index < -0.39 is 0 Å². The molecule has 0 spiro atoms. The van der Waals surface area contributed by atoms with Crippen LogP contribution in [0.25, 0.3) is 0 Å². The number of aldehydes is 1. The van der Waals surface area contributed by atoms with Gasteiger partial charge in [0, 0.05) is 23.9 Å². The van der Waals surface area contributed by atoms with E-state index in [2.05, 4.69) is 0 Å². The lowest BCUT2D eigenvalue weighted by atomic mass is 9.81. The number of nitrogens with one attached hydrogen (secondary N) is 2. The Labute approximate surface area is 84.2 Å². The fraction of sp³-hybridized carbons (Fsp3) is 0.545. The van der Waals surface area contributed by atoms with Gasteiger partial charge in [-0.05, 0) is 25.2 Å². The first-order valence-electron chi connectivity index (χ1n) is 4.98. The maximum atomic E-state index is 10.6. The first-order valence-corrected chi connectivity index (χ1v) is 4.98. The Balaban J connectivity index is 2.59. The second-order valence-corrected chi connectivity index (χ2v) is 3.78. The Morgan fingerprint density at radius 1 is 1.14 bits per heavy atom. The number of hydrogen-bond donors (Lipinski definition) is 2. The fourth-order valence-electron chi connectivity index (χ4n) is 1.95. The van der Waals surface area contributed by atoms with Gasteiger partial charge in [-0.25, -0.2) is 0 Å². The van der Waals surface area contributed by atoms with E-state index in [1.54, 1.807) is 0 Å². The highest BCUT2D eigenvalue weighted by Crippen LogP contribution is 2.28. The van der Waals surface area contributed by atoms with Crippen molar-refractivity contribution in [2.45, 2.75) is 25.7 Å². The third-order valence-electron chi connectivity index (χ3n) is 2.71. The topological polar surface area (TPSA) is 64.8 Å². The van der Waals surface area contributed by atoms with Crippen molar-refractivity contribution in [2.75, 3.05) is 0 Å². The number of carbonyl (C=O) groups excluding carboxylic acids is 1. The van der Waals surface area contributed by atoms with Gasteiger partial charge in [0.25, 0.3) is 0 Å². The predicted octanol–water partition coefficient (Wildman–Crippen LogP) is 2.22. The highest BCUT2D eigenvalue weighted by Gasteiger charge is 2.19. The van der Waals surface area contributed by atoms with Crippen LogP contribution in [0.5, 0.6) is 0 Å². The van der Waals surface area contributed by atoms with Crippen LogP contribution in [-0.4, -0.2) is 18.7 Å². The molecule has 3 heteroatoms. The molecule has 0 saturated heterocycles. The standard InChI is InChI=1S/C11H16N2O/c12-6-11(7-13)5-9-2-1-3-10(4-9)8-14/h5-10,12-13H,1-4H2. The molecule has 0 bridgehead atoms. The summed E-state index contributed by atoms with van der Waals surface area (Å²) in [7, 11) is 0. The molecule has 1 rings (SSSR count). The summed E-state index contributed by atoms with van der Waals surface area (Å²) >= 11 is 0. The third-order valence-corrected chi connectivity index (χ3v) is 2.71. The van der Waals surface area contributed by atoms with Gasteiger partial charge < -0.3 is 15.6 Å². The van der Waals surface area contributed by atoms with E-state index in [1.807, 2.05) is 6.08 Å². The van der Waals surface area contributed by atoms with Crippen molar-refractivity contribution in [3.05, 3.63) is 11.6 Å².